The average Bonchev–Trinajstić information content (AvgIpc) is 2.89. The van der Waals surface area contributed by atoms with Crippen LogP contribution in [0.1, 0.15) is 5.56 Å². The number of aliphatic imine (C=N–C) groups is 1. The lowest BCUT2D eigenvalue weighted by molar-refractivity contribution is -0.115. The van der Waals surface area contributed by atoms with E-state index in [9.17, 15) is 13.2 Å². The molecule has 0 radical (unpaired) electrons. The number of hydrogen-bond donors (Lipinski definition) is 2. The molecule has 0 spiro atoms. The van der Waals surface area contributed by atoms with Gasteiger partial charge in [0.2, 0.25) is 0 Å². The molecule has 1 fully saturated rings. The SMILES string of the molecule is NS(=O)(=O)Oc1ccc(N=C2NC(=O)/C(=C\c3ccc(Cl)cc3)S2)cc1. The monoisotopic (exact) mass is 409 g/mol. The van der Waals surface area contributed by atoms with E-state index in [1.807, 2.05) is 12.1 Å². The molecular formula is C16H12ClN3O4S2. The zero-order chi connectivity index (χ0) is 18.7. The molecule has 0 unspecified atom stereocenters. The molecular weight excluding hydrogens is 398 g/mol. The molecule has 7 nitrogen and oxygen atoms in total. The first-order chi connectivity index (χ1) is 12.3. The molecule has 2 aromatic carbocycles. The maximum atomic E-state index is 12.0. The van der Waals surface area contributed by atoms with E-state index in [4.69, 9.17) is 16.7 Å². The second-order valence-electron chi connectivity index (χ2n) is 5.10. The van der Waals surface area contributed by atoms with Gasteiger partial charge in [0.05, 0.1) is 10.6 Å². The van der Waals surface area contributed by atoms with E-state index in [0.717, 1.165) is 5.56 Å². The van der Waals surface area contributed by atoms with Gasteiger partial charge in [-0.1, -0.05) is 23.7 Å². The number of amidine groups is 1. The van der Waals surface area contributed by atoms with Crippen LogP contribution in [0, 0.1) is 0 Å². The quantitative estimate of drug-likeness (QED) is 0.754. The Bertz CT molecular complexity index is 1000. The van der Waals surface area contributed by atoms with Crippen molar-refractivity contribution in [3.8, 4) is 5.75 Å². The summed E-state index contributed by atoms with van der Waals surface area (Å²) < 4.78 is 26.3. The topological polar surface area (TPSA) is 111 Å². The number of benzene rings is 2. The predicted octanol–water partition coefficient (Wildman–Crippen LogP) is 2.81. The second kappa shape index (κ2) is 7.50. The van der Waals surface area contributed by atoms with Gasteiger partial charge in [-0.2, -0.15) is 13.6 Å². The van der Waals surface area contributed by atoms with E-state index in [-0.39, 0.29) is 11.7 Å². The predicted molar refractivity (Wildman–Crippen MR) is 102 cm³/mol. The van der Waals surface area contributed by atoms with Crippen LogP contribution in [-0.2, 0) is 15.1 Å². The Morgan fingerprint density at radius 3 is 2.38 bits per heavy atom. The highest BCUT2D eigenvalue weighted by molar-refractivity contribution is 8.18. The van der Waals surface area contributed by atoms with Crippen LogP contribution in [0.25, 0.3) is 6.08 Å². The largest absolute Gasteiger partial charge is 0.380 e. The minimum atomic E-state index is -4.07. The first-order valence-corrected chi connectivity index (χ1v) is 9.82. The van der Waals surface area contributed by atoms with Crippen LogP contribution in [0.4, 0.5) is 5.69 Å². The average molecular weight is 410 g/mol. The van der Waals surface area contributed by atoms with Crippen molar-refractivity contribution >= 4 is 56.5 Å². The van der Waals surface area contributed by atoms with E-state index >= 15 is 0 Å². The highest BCUT2D eigenvalue weighted by Crippen LogP contribution is 2.29. The van der Waals surface area contributed by atoms with Crippen LogP contribution < -0.4 is 14.6 Å². The molecule has 3 N–H and O–H groups in total. The van der Waals surface area contributed by atoms with E-state index in [0.29, 0.717) is 20.8 Å². The molecule has 1 saturated heterocycles. The molecule has 26 heavy (non-hydrogen) atoms. The molecule has 1 aliphatic heterocycles. The van der Waals surface area contributed by atoms with Gasteiger partial charge >= 0.3 is 10.3 Å². The van der Waals surface area contributed by atoms with Gasteiger partial charge in [0.1, 0.15) is 5.75 Å². The third-order valence-corrected chi connectivity index (χ3v) is 4.68. The molecule has 1 heterocycles. The van der Waals surface area contributed by atoms with Crippen LogP contribution in [0.5, 0.6) is 5.75 Å². The Morgan fingerprint density at radius 1 is 1.12 bits per heavy atom. The van der Waals surface area contributed by atoms with Gasteiger partial charge in [-0.25, -0.2) is 4.99 Å². The van der Waals surface area contributed by atoms with Crippen molar-refractivity contribution in [2.24, 2.45) is 10.1 Å². The number of carbonyl (C=O) groups is 1. The number of nitrogens with one attached hydrogen (secondary N) is 1. The van der Waals surface area contributed by atoms with Gasteiger partial charge in [-0.05, 0) is 59.8 Å². The lowest BCUT2D eigenvalue weighted by Crippen LogP contribution is -2.19. The number of amides is 1. The van der Waals surface area contributed by atoms with E-state index in [1.165, 1.54) is 23.9 Å². The summed E-state index contributed by atoms with van der Waals surface area (Å²) in [5.41, 5.74) is 1.36. The van der Waals surface area contributed by atoms with Gasteiger partial charge in [-0.3, -0.25) is 4.79 Å². The van der Waals surface area contributed by atoms with Gasteiger partial charge in [0.25, 0.3) is 5.91 Å². The zero-order valence-corrected chi connectivity index (χ0v) is 15.4. The number of thioether (sulfide) groups is 1. The van der Waals surface area contributed by atoms with Crippen LogP contribution >= 0.6 is 23.4 Å². The van der Waals surface area contributed by atoms with Crippen LogP contribution in [0.15, 0.2) is 58.4 Å². The number of rotatable bonds is 4. The van der Waals surface area contributed by atoms with Crippen molar-refractivity contribution < 1.29 is 17.4 Å². The maximum absolute atomic E-state index is 12.0. The third-order valence-electron chi connectivity index (χ3n) is 3.10. The summed E-state index contributed by atoms with van der Waals surface area (Å²) in [6.45, 7) is 0. The van der Waals surface area contributed by atoms with Crippen molar-refractivity contribution in [2.45, 2.75) is 0 Å². The first kappa shape index (κ1) is 18.5. The number of nitrogens with zero attached hydrogens (tertiary/aromatic N) is 1. The summed E-state index contributed by atoms with van der Waals surface area (Å²) in [5, 5.41) is 8.50. The number of hydrogen-bond acceptors (Lipinski definition) is 6. The number of nitrogens with two attached hydrogens (primary N) is 1. The third kappa shape index (κ3) is 5.09. The van der Waals surface area contributed by atoms with Crippen molar-refractivity contribution in [1.29, 1.82) is 0 Å². The molecule has 10 heteroatoms. The molecule has 0 aromatic heterocycles. The van der Waals surface area contributed by atoms with E-state index < -0.39 is 10.3 Å². The van der Waals surface area contributed by atoms with Gasteiger partial charge in [0, 0.05) is 5.02 Å². The van der Waals surface area contributed by atoms with Gasteiger partial charge in [0.15, 0.2) is 5.17 Å². The molecule has 0 atom stereocenters. The molecule has 134 valence electrons. The number of carbonyl (C=O) groups excluding carboxylic acids is 1. The Balaban J connectivity index is 1.74. The molecule has 3 rings (SSSR count). The highest BCUT2D eigenvalue weighted by atomic mass is 35.5. The smallest absolute Gasteiger partial charge is 0.371 e. The Kier molecular flexibility index (Phi) is 5.33. The highest BCUT2D eigenvalue weighted by Gasteiger charge is 2.23. The summed E-state index contributed by atoms with van der Waals surface area (Å²) in [6.07, 6.45) is 1.74. The van der Waals surface area contributed by atoms with Crippen LogP contribution in [-0.4, -0.2) is 19.5 Å². The molecule has 0 saturated carbocycles. The van der Waals surface area contributed by atoms with Crippen LogP contribution in [0.2, 0.25) is 5.02 Å². The van der Waals surface area contributed by atoms with Crippen molar-refractivity contribution in [1.82, 2.24) is 5.32 Å². The number of halogens is 1. The molecule has 2 aromatic rings. The zero-order valence-electron chi connectivity index (χ0n) is 13.0. The fraction of sp³-hybridized carbons (Fsp3) is 0. The molecule has 0 bridgehead atoms. The maximum Gasteiger partial charge on any atom is 0.380 e. The van der Waals surface area contributed by atoms with Crippen LogP contribution in [0.3, 0.4) is 0 Å². The Labute approximate surface area is 159 Å². The minimum Gasteiger partial charge on any atom is -0.371 e. The summed E-state index contributed by atoms with van der Waals surface area (Å²) in [4.78, 5) is 16.9. The fourth-order valence-electron chi connectivity index (χ4n) is 2.02. The first-order valence-electron chi connectivity index (χ1n) is 7.16. The fourth-order valence-corrected chi connectivity index (χ4v) is 3.37. The van der Waals surface area contributed by atoms with E-state index in [1.54, 1.807) is 30.3 Å². The molecule has 1 amide bonds. The standard InChI is InChI=1S/C16H12ClN3O4S2/c17-11-3-1-10(2-4-11)9-14-15(21)20-16(25-14)19-12-5-7-13(8-6-12)24-26(18,22)23/h1-9H,(H2,18,22,23)(H,19,20,21)/b14-9+. The lowest BCUT2D eigenvalue weighted by Gasteiger charge is -2.02. The summed E-state index contributed by atoms with van der Waals surface area (Å²) in [6, 6.07) is 13.0. The lowest BCUT2D eigenvalue weighted by atomic mass is 10.2. The van der Waals surface area contributed by atoms with Gasteiger partial charge in [-0.15, -0.1) is 0 Å². The second-order valence-corrected chi connectivity index (χ2v) is 7.72. The van der Waals surface area contributed by atoms with E-state index in [2.05, 4.69) is 14.5 Å². The van der Waals surface area contributed by atoms with Crippen molar-refractivity contribution in [3.63, 3.8) is 0 Å². The summed E-state index contributed by atoms with van der Waals surface area (Å²) >= 11 is 7.04. The minimum absolute atomic E-state index is 0.0721. The van der Waals surface area contributed by atoms with Gasteiger partial charge < -0.3 is 9.50 Å². The Hall–Kier alpha value is -2.33. The summed E-state index contributed by atoms with van der Waals surface area (Å²) in [5.74, 6) is -0.180. The molecule has 1 aliphatic rings. The summed E-state index contributed by atoms with van der Waals surface area (Å²) in [7, 11) is -4.07. The normalized spacial score (nSPS) is 17.5. The van der Waals surface area contributed by atoms with Crippen molar-refractivity contribution in [2.75, 3.05) is 0 Å². The molecule has 0 aliphatic carbocycles. The van der Waals surface area contributed by atoms with Crippen molar-refractivity contribution in [3.05, 3.63) is 64.0 Å². The Morgan fingerprint density at radius 2 is 1.77 bits per heavy atom.